The Morgan fingerprint density at radius 1 is 1.03 bits per heavy atom. The fraction of sp³-hybridized carbons (Fsp3) is 0.409. The Kier molecular flexibility index (Phi) is 7.03. The van der Waals surface area contributed by atoms with Gasteiger partial charge in [0.1, 0.15) is 5.82 Å². The first-order valence-corrected chi connectivity index (χ1v) is 11.5. The Morgan fingerprint density at radius 3 is 2.34 bits per heavy atom. The number of sulfonamides is 1. The van der Waals surface area contributed by atoms with E-state index < -0.39 is 10.0 Å². The molecule has 0 radical (unpaired) electrons. The Balaban J connectivity index is 1.65. The lowest BCUT2D eigenvalue weighted by Gasteiger charge is -2.26. The summed E-state index contributed by atoms with van der Waals surface area (Å²) in [5, 5.41) is 0. The SMILES string of the molecule is CCN(Cc1cccc(F)c1)C(=O)Cc1ccc(S(=O)(=O)N2CCCCC2)cc1. The topological polar surface area (TPSA) is 57.7 Å². The van der Waals surface area contributed by atoms with Crippen molar-refractivity contribution in [3.63, 3.8) is 0 Å². The molecule has 0 aromatic heterocycles. The quantitative estimate of drug-likeness (QED) is 0.690. The van der Waals surface area contributed by atoms with Crippen molar-refractivity contribution >= 4 is 15.9 Å². The normalized spacial score (nSPS) is 15.2. The van der Waals surface area contributed by atoms with Crippen LogP contribution >= 0.6 is 0 Å². The maximum atomic E-state index is 13.4. The van der Waals surface area contributed by atoms with Crippen molar-refractivity contribution < 1.29 is 17.6 Å². The molecule has 0 N–H and O–H groups in total. The molecule has 156 valence electrons. The molecule has 1 fully saturated rings. The van der Waals surface area contributed by atoms with E-state index in [1.807, 2.05) is 6.92 Å². The average Bonchev–Trinajstić information content (AvgIpc) is 2.73. The van der Waals surface area contributed by atoms with Gasteiger partial charge in [0.25, 0.3) is 0 Å². The summed E-state index contributed by atoms with van der Waals surface area (Å²) in [7, 11) is -3.47. The summed E-state index contributed by atoms with van der Waals surface area (Å²) >= 11 is 0. The minimum Gasteiger partial charge on any atom is -0.338 e. The van der Waals surface area contributed by atoms with Gasteiger partial charge in [-0.15, -0.1) is 0 Å². The van der Waals surface area contributed by atoms with Gasteiger partial charge in [-0.1, -0.05) is 30.7 Å². The molecule has 1 amide bonds. The molecule has 0 bridgehead atoms. The van der Waals surface area contributed by atoms with Gasteiger partial charge in [0, 0.05) is 26.2 Å². The maximum absolute atomic E-state index is 13.4. The maximum Gasteiger partial charge on any atom is 0.243 e. The molecule has 1 aliphatic heterocycles. The minimum atomic E-state index is -3.47. The molecule has 1 aliphatic rings. The van der Waals surface area contributed by atoms with Crippen LogP contribution < -0.4 is 0 Å². The van der Waals surface area contributed by atoms with Crippen molar-refractivity contribution in [1.82, 2.24) is 9.21 Å². The van der Waals surface area contributed by atoms with Gasteiger partial charge in [-0.3, -0.25) is 4.79 Å². The molecule has 0 atom stereocenters. The van der Waals surface area contributed by atoms with E-state index in [4.69, 9.17) is 0 Å². The molecule has 29 heavy (non-hydrogen) atoms. The third-order valence-electron chi connectivity index (χ3n) is 5.23. The lowest BCUT2D eigenvalue weighted by atomic mass is 10.1. The zero-order chi connectivity index (χ0) is 20.9. The number of nitrogens with zero attached hydrogens (tertiary/aromatic N) is 2. The highest BCUT2D eigenvalue weighted by Crippen LogP contribution is 2.21. The van der Waals surface area contributed by atoms with Crippen LogP contribution in [0.5, 0.6) is 0 Å². The minimum absolute atomic E-state index is 0.0802. The highest BCUT2D eigenvalue weighted by Gasteiger charge is 2.25. The molecular weight excluding hydrogens is 391 g/mol. The molecule has 7 heteroatoms. The van der Waals surface area contributed by atoms with Crippen LogP contribution in [0.25, 0.3) is 0 Å². The van der Waals surface area contributed by atoms with Gasteiger partial charge in [-0.25, -0.2) is 12.8 Å². The second-order valence-corrected chi connectivity index (χ2v) is 9.26. The van der Waals surface area contributed by atoms with E-state index in [9.17, 15) is 17.6 Å². The Bertz CT molecular complexity index is 939. The highest BCUT2D eigenvalue weighted by atomic mass is 32.2. The van der Waals surface area contributed by atoms with E-state index in [0.717, 1.165) is 30.4 Å². The molecule has 0 saturated carbocycles. The third kappa shape index (κ3) is 5.42. The van der Waals surface area contributed by atoms with E-state index in [0.29, 0.717) is 26.2 Å². The zero-order valence-electron chi connectivity index (χ0n) is 16.7. The van der Waals surface area contributed by atoms with Gasteiger partial charge in [-0.2, -0.15) is 4.31 Å². The van der Waals surface area contributed by atoms with E-state index in [2.05, 4.69) is 0 Å². The Morgan fingerprint density at radius 2 is 1.72 bits per heavy atom. The standard InChI is InChI=1S/C22H27FN2O3S/c1-2-24(17-19-7-6-8-20(23)15-19)22(26)16-18-9-11-21(12-10-18)29(27,28)25-13-4-3-5-14-25/h6-12,15H,2-5,13-14,16-17H2,1H3. The van der Waals surface area contributed by atoms with Crippen LogP contribution in [0.3, 0.4) is 0 Å². The zero-order valence-corrected chi connectivity index (χ0v) is 17.5. The summed E-state index contributed by atoms with van der Waals surface area (Å²) in [4.78, 5) is 14.6. The number of likely N-dealkylation sites (N-methyl/N-ethyl adjacent to an activating group) is 1. The summed E-state index contributed by atoms with van der Waals surface area (Å²) in [6.07, 6.45) is 3.03. The van der Waals surface area contributed by atoms with Crippen LogP contribution in [-0.4, -0.2) is 43.2 Å². The molecule has 0 unspecified atom stereocenters. The van der Waals surface area contributed by atoms with E-state index in [-0.39, 0.29) is 23.0 Å². The highest BCUT2D eigenvalue weighted by molar-refractivity contribution is 7.89. The molecular formula is C22H27FN2O3S. The molecule has 0 aliphatic carbocycles. The monoisotopic (exact) mass is 418 g/mol. The number of carbonyl (C=O) groups excluding carboxylic acids is 1. The van der Waals surface area contributed by atoms with Crippen LogP contribution in [0, 0.1) is 5.82 Å². The third-order valence-corrected chi connectivity index (χ3v) is 7.14. The van der Waals surface area contributed by atoms with Crippen molar-refractivity contribution in [3.05, 3.63) is 65.5 Å². The van der Waals surface area contributed by atoms with Crippen LogP contribution in [0.2, 0.25) is 0 Å². The van der Waals surface area contributed by atoms with Crippen molar-refractivity contribution in [3.8, 4) is 0 Å². The number of piperidine rings is 1. The lowest BCUT2D eigenvalue weighted by molar-refractivity contribution is -0.130. The summed E-state index contributed by atoms with van der Waals surface area (Å²) in [6, 6.07) is 12.8. The van der Waals surface area contributed by atoms with Gasteiger partial charge in [0.15, 0.2) is 0 Å². The molecule has 3 rings (SSSR count). The van der Waals surface area contributed by atoms with E-state index in [1.54, 1.807) is 41.3 Å². The number of carbonyl (C=O) groups is 1. The summed E-state index contributed by atoms with van der Waals surface area (Å²) in [5.74, 6) is -0.403. The van der Waals surface area contributed by atoms with Crippen molar-refractivity contribution in [2.45, 2.75) is 44.0 Å². The van der Waals surface area contributed by atoms with Gasteiger partial charge >= 0.3 is 0 Å². The molecule has 1 heterocycles. The molecule has 1 saturated heterocycles. The largest absolute Gasteiger partial charge is 0.338 e. The van der Waals surface area contributed by atoms with Crippen LogP contribution in [-0.2, 0) is 27.8 Å². The first kappa shape index (κ1) is 21.5. The van der Waals surface area contributed by atoms with Crippen molar-refractivity contribution in [2.75, 3.05) is 19.6 Å². The molecule has 2 aromatic carbocycles. The van der Waals surface area contributed by atoms with Gasteiger partial charge in [0.2, 0.25) is 15.9 Å². The number of hydrogen-bond acceptors (Lipinski definition) is 3. The molecule has 2 aromatic rings. The second kappa shape index (κ2) is 9.50. The number of amides is 1. The van der Waals surface area contributed by atoms with Crippen LogP contribution in [0.15, 0.2) is 53.4 Å². The van der Waals surface area contributed by atoms with Crippen molar-refractivity contribution in [2.24, 2.45) is 0 Å². The predicted octanol–water partition coefficient (Wildman–Crippen LogP) is 3.59. The predicted molar refractivity (Wildman–Crippen MR) is 110 cm³/mol. The Hall–Kier alpha value is -2.25. The number of halogens is 1. The lowest BCUT2D eigenvalue weighted by Crippen LogP contribution is -2.35. The number of benzene rings is 2. The first-order chi connectivity index (χ1) is 13.9. The summed E-state index contributed by atoms with van der Waals surface area (Å²) in [6.45, 7) is 3.86. The number of hydrogen-bond donors (Lipinski definition) is 0. The van der Waals surface area contributed by atoms with Gasteiger partial charge < -0.3 is 4.90 Å². The Labute approximate surface area is 172 Å². The van der Waals surface area contributed by atoms with Gasteiger partial charge in [0.05, 0.1) is 11.3 Å². The van der Waals surface area contributed by atoms with Crippen LogP contribution in [0.1, 0.15) is 37.3 Å². The first-order valence-electron chi connectivity index (χ1n) is 10.0. The molecule has 0 spiro atoms. The smallest absolute Gasteiger partial charge is 0.243 e. The number of rotatable bonds is 7. The molecule has 5 nitrogen and oxygen atoms in total. The van der Waals surface area contributed by atoms with E-state index in [1.165, 1.54) is 16.4 Å². The summed E-state index contributed by atoms with van der Waals surface area (Å²) < 4.78 is 40.4. The fourth-order valence-electron chi connectivity index (χ4n) is 3.55. The van der Waals surface area contributed by atoms with E-state index >= 15 is 0 Å². The summed E-state index contributed by atoms with van der Waals surface area (Å²) in [5.41, 5.74) is 1.49. The fourth-order valence-corrected chi connectivity index (χ4v) is 5.07. The van der Waals surface area contributed by atoms with Gasteiger partial charge in [-0.05, 0) is 55.2 Å². The van der Waals surface area contributed by atoms with Crippen LogP contribution in [0.4, 0.5) is 4.39 Å². The average molecular weight is 419 g/mol. The second-order valence-electron chi connectivity index (χ2n) is 7.32. The van der Waals surface area contributed by atoms with Crippen molar-refractivity contribution in [1.29, 1.82) is 0 Å².